The van der Waals surface area contributed by atoms with Crippen LogP contribution >= 0.6 is 11.3 Å². The second kappa shape index (κ2) is 7.68. The average molecular weight is 341 g/mol. The molecule has 0 radical (unpaired) electrons. The molecule has 2 aliphatic rings. The number of hydrogen-bond acceptors (Lipinski definition) is 6. The first-order valence-corrected chi connectivity index (χ1v) is 9.11. The summed E-state index contributed by atoms with van der Waals surface area (Å²) in [6.07, 6.45) is 3.29. The van der Waals surface area contributed by atoms with Gasteiger partial charge in [-0.25, -0.2) is 9.37 Å². The molecule has 0 aliphatic carbocycles. The zero-order chi connectivity index (χ0) is 16.2. The predicted octanol–water partition coefficient (Wildman–Crippen LogP) is 1.94. The van der Waals surface area contributed by atoms with Crippen molar-refractivity contribution < 1.29 is 13.9 Å². The van der Waals surface area contributed by atoms with Crippen LogP contribution in [0.4, 0.5) is 4.39 Å². The minimum absolute atomic E-state index is 0.0429. The molecule has 0 N–H and O–H groups in total. The highest BCUT2D eigenvalue weighted by molar-refractivity contribution is 7.09. The molecule has 3 atom stereocenters. The Hall–Kier alpha value is -1.05. The summed E-state index contributed by atoms with van der Waals surface area (Å²) in [5, 5.41) is 3.00. The van der Waals surface area contributed by atoms with Gasteiger partial charge >= 0.3 is 5.97 Å². The van der Waals surface area contributed by atoms with E-state index >= 15 is 0 Å². The number of rotatable bonds is 7. The van der Waals surface area contributed by atoms with Crippen molar-refractivity contribution in [3.63, 3.8) is 0 Å². The summed E-state index contributed by atoms with van der Waals surface area (Å²) in [4.78, 5) is 20.2. The van der Waals surface area contributed by atoms with Gasteiger partial charge in [-0.05, 0) is 32.9 Å². The van der Waals surface area contributed by atoms with E-state index in [1.54, 1.807) is 17.5 Å². The molecule has 0 bridgehead atoms. The lowest BCUT2D eigenvalue weighted by Gasteiger charge is -2.28. The summed E-state index contributed by atoms with van der Waals surface area (Å²) in [6, 6.07) is 0.217. The monoisotopic (exact) mass is 341 g/mol. The summed E-state index contributed by atoms with van der Waals surface area (Å²) in [5.74, 6) is -0.0186. The Labute approximate surface area is 140 Å². The number of halogens is 1. The molecule has 2 fully saturated rings. The first-order chi connectivity index (χ1) is 11.1. The van der Waals surface area contributed by atoms with Gasteiger partial charge in [0, 0.05) is 30.7 Å². The molecule has 5 nitrogen and oxygen atoms in total. The average Bonchev–Trinajstić information content (AvgIpc) is 3.21. The second-order valence-corrected chi connectivity index (χ2v) is 7.53. The van der Waals surface area contributed by atoms with Crippen LogP contribution in [0.5, 0.6) is 0 Å². The molecule has 1 unspecified atom stereocenters. The largest absolute Gasteiger partial charge is 0.465 e. The van der Waals surface area contributed by atoms with Crippen molar-refractivity contribution in [1.82, 2.24) is 14.8 Å². The van der Waals surface area contributed by atoms with Crippen molar-refractivity contribution in [3.8, 4) is 0 Å². The first kappa shape index (κ1) is 16.8. The molecule has 0 amide bonds. The number of hydrogen-bond donors (Lipinski definition) is 0. The fourth-order valence-corrected chi connectivity index (χ4v) is 4.08. The molecular formula is C16H24FN3O2S. The van der Waals surface area contributed by atoms with Crippen molar-refractivity contribution >= 4 is 17.3 Å². The van der Waals surface area contributed by atoms with Crippen LogP contribution in [0.25, 0.3) is 0 Å². The van der Waals surface area contributed by atoms with Crippen LogP contribution in [0, 0.1) is 5.92 Å². The molecule has 2 aliphatic heterocycles. The molecule has 0 saturated carbocycles. The Morgan fingerprint density at radius 1 is 1.57 bits per heavy atom. The van der Waals surface area contributed by atoms with E-state index in [0.717, 1.165) is 37.5 Å². The lowest BCUT2D eigenvalue weighted by atomic mass is 10.0. The topological polar surface area (TPSA) is 45.7 Å². The minimum atomic E-state index is -0.752. The highest BCUT2D eigenvalue weighted by Gasteiger charge is 2.33. The lowest BCUT2D eigenvalue weighted by Crippen LogP contribution is -2.39. The standard InChI is InChI=1S/C16H24FN3O2S/c1-19(5-2-12-3-6-22-16(12)21)10-14-8-13(17)9-20(14)11-15-18-4-7-23-15/h4,7,12-14H,2-3,5-6,8-11H2,1H3/t12?,13-,14-/m0/s1. The molecule has 0 aromatic carbocycles. The normalized spacial score (nSPS) is 28.7. The molecule has 1 aromatic heterocycles. The number of carbonyl (C=O) groups is 1. The van der Waals surface area contributed by atoms with Gasteiger partial charge in [-0.1, -0.05) is 0 Å². The third kappa shape index (κ3) is 4.49. The number of alkyl halides is 1. The van der Waals surface area contributed by atoms with Gasteiger partial charge in [-0.3, -0.25) is 9.69 Å². The van der Waals surface area contributed by atoms with E-state index in [1.807, 2.05) is 12.4 Å². The summed E-state index contributed by atoms with van der Waals surface area (Å²) in [7, 11) is 2.05. The van der Waals surface area contributed by atoms with Gasteiger partial charge in [0.25, 0.3) is 0 Å². The smallest absolute Gasteiger partial charge is 0.309 e. The summed E-state index contributed by atoms with van der Waals surface area (Å²) in [5.41, 5.74) is 0. The SMILES string of the molecule is CN(CCC1CCOC1=O)C[C@@H]1C[C@H](F)CN1Cc1nccs1. The zero-order valence-corrected chi connectivity index (χ0v) is 14.3. The first-order valence-electron chi connectivity index (χ1n) is 8.23. The van der Waals surface area contributed by atoms with Crippen LogP contribution in [0.15, 0.2) is 11.6 Å². The minimum Gasteiger partial charge on any atom is -0.465 e. The molecule has 128 valence electrons. The van der Waals surface area contributed by atoms with Gasteiger partial charge in [0.15, 0.2) is 0 Å². The van der Waals surface area contributed by atoms with Crippen LogP contribution in [0.3, 0.4) is 0 Å². The maximum absolute atomic E-state index is 13.8. The van der Waals surface area contributed by atoms with Gasteiger partial charge in [0.2, 0.25) is 0 Å². The van der Waals surface area contributed by atoms with E-state index in [-0.39, 0.29) is 17.9 Å². The summed E-state index contributed by atoms with van der Waals surface area (Å²) < 4.78 is 18.8. The third-order valence-corrected chi connectivity index (χ3v) is 5.49. The van der Waals surface area contributed by atoms with Crippen LogP contribution in [-0.4, -0.2) is 66.3 Å². The van der Waals surface area contributed by atoms with E-state index < -0.39 is 6.17 Å². The van der Waals surface area contributed by atoms with Gasteiger partial charge in [0.1, 0.15) is 11.2 Å². The number of ether oxygens (including phenoxy) is 1. The van der Waals surface area contributed by atoms with Crippen LogP contribution < -0.4 is 0 Å². The van der Waals surface area contributed by atoms with E-state index in [2.05, 4.69) is 14.8 Å². The molecule has 3 rings (SSSR count). The number of esters is 1. The number of thiazole rings is 1. The van der Waals surface area contributed by atoms with Gasteiger partial charge in [0.05, 0.1) is 19.1 Å². The van der Waals surface area contributed by atoms with Gasteiger partial charge in [-0.15, -0.1) is 11.3 Å². The Balaban J connectivity index is 1.47. The molecule has 2 saturated heterocycles. The number of likely N-dealkylation sites (tertiary alicyclic amines) is 1. The van der Waals surface area contributed by atoms with E-state index in [4.69, 9.17) is 4.74 Å². The van der Waals surface area contributed by atoms with Crippen LogP contribution in [0.2, 0.25) is 0 Å². The van der Waals surface area contributed by atoms with E-state index in [9.17, 15) is 9.18 Å². The number of carbonyl (C=O) groups excluding carboxylic acids is 1. The maximum atomic E-state index is 13.8. The highest BCUT2D eigenvalue weighted by atomic mass is 32.1. The van der Waals surface area contributed by atoms with E-state index in [1.165, 1.54) is 0 Å². The van der Waals surface area contributed by atoms with Crippen molar-refractivity contribution in [2.75, 3.05) is 33.3 Å². The van der Waals surface area contributed by atoms with E-state index in [0.29, 0.717) is 19.6 Å². The van der Waals surface area contributed by atoms with Gasteiger partial charge < -0.3 is 9.64 Å². The van der Waals surface area contributed by atoms with Crippen molar-refractivity contribution in [3.05, 3.63) is 16.6 Å². The molecule has 3 heterocycles. The number of nitrogens with zero attached hydrogens (tertiary/aromatic N) is 3. The second-order valence-electron chi connectivity index (χ2n) is 6.55. The molecule has 1 aromatic rings. The Morgan fingerprint density at radius 2 is 2.43 bits per heavy atom. The quantitative estimate of drug-likeness (QED) is 0.709. The van der Waals surface area contributed by atoms with Crippen molar-refractivity contribution in [1.29, 1.82) is 0 Å². The Kier molecular flexibility index (Phi) is 5.61. The lowest BCUT2D eigenvalue weighted by molar-refractivity contribution is -0.141. The summed E-state index contributed by atoms with van der Waals surface area (Å²) >= 11 is 1.62. The highest BCUT2D eigenvalue weighted by Crippen LogP contribution is 2.24. The third-order valence-electron chi connectivity index (χ3n) is 4.72. The molecule has 0 spiro atoms. The number of likely N-dealkylation sites (N-methyl/N-ethyl adjacent to an activating group) is 1. The van der Waals surface area contributed by atoms with Crippen LogP contribution in [0.1, 0.15) is 24.3 Å². The van der Waals surface area contributed by atoms with Gasteiger partial charge in [-0.2, -0.15) is 0 Å². The number of aromatic nitrogens is 1. The molecule has 23 heavy (non-hydrogen) atoms. The maximum Gasteiger partial charge on any atom is 0.309 e. The van der Waals surface area contributed by atoms with Crippen molar-refractivity contribution in [2.45, 2.75) is 38.0 Å². The fourth-order valence-electron chi connectivity index (χ4n) is 3.44. The zero-order valence-electron chi connectivity index (χ0n) is 13.5. The molecule has 7 heteroatoms. The summed E-state index contributed by atoms with van der Waals surface area (Å²) in [6.45, 7) is 3.45. The Morgan fingerprint density at radius 3 is 3.13 bits per heavy atom. The molecular weight excluding hydrogens is 317 g/mol. The van der Waals surface area contributed by atoms with Crippen molar-refractivity contribution in [2.24, 2.45) is 5.92 Å². The van der Waals surface area contributed by atoms with Crippen LogP contribution in [-0.2, 0) is 16.1 Å². The fraction of sp³-hybridized carbons (Fsp3) is 0.750. The predicted molar refractivity (Wildman–Crippen MR) is 87.0 cm³/mol. The Bertz CT molecular complexity index is 513. The number of cyclic esters (lactones) is 1.